The molecule has 1 amide bonds. The summed E-state index contributed by atoms with van der Waals surface area (Å²) >= 11 is 6.07. The van der Waals surface area contributed by atoms with Gasteiger partial charge in [-0.3, -0.25) is 4.79 Å². The first-order chi connectivity index (χ1) is 9.30. The fourth-order valence-corrected chi connectivity index (χ4v) is 2.28. The molecule has 1 rings (SSSR count). The largest absolute Gasteiger partial charge is 0.370 e. The molecule has 1 aromatic rings. The zero-order valence-electron chi connectivity index (χ0n) is 12.4. The maximum Gasteiger partial charge on any atom is 0.250 e. The van der Waals surface area contributed by atoms with Gasteiger partial charge < -0.3 is 16.4 Å². The van der Waals surface area contributed by atoms with Crippen molar-refractivity contribution in [3.05, 3.63) is 28.8 Å². The number of carbonyl (C=O) groups excluding carboxylic acids is 1. The van der Waals surface area contributed by atoms with Crippen molar-refractivity contribution in [1.82, 2.24) is 0 Å². The number of halogens is 1. The van der Waals surface area contributed by atoms with E-state index in [1.165, 1.54) is 0 Å². The standard InChI is InChI=1S/C15H24ClN3O/c1-4-7-19(10-15(2,3)9-17)13-8-11(16)5-6-12(13)14(18)20/h5-6,8H,4,7,9-10,17H2,1-3H3,(H2,18,20). The first kappa shape index (κ1) is 16.8. The Kier molecular flexibility index (Phi) is 5.84. The Labute approximate surface area is 126 Å². The third-order valence-electron chi connectivity index (χ3n) is 3.23. The molecule has 0 atom stereocenters. The molecule has 5 heteroatoms. The number of hydrogen-bond acceptors (Lipinski definition) is 3. The molecule has 0 heterocycles. The Balaban J connectivity index is 3.20. The molecule has 4 nitrogen and oxygen atoms in total. The van der Waals surface area contributed by atoms with Crippen LogP contribution in [0.1, 0.15) is 37.6 Å². The van der Waals surface area contributed by atoms with Crippen molar-refractivity contribution in [3.63, 3.8) is 0 Å². The number of primary amides is 1. The van der Waals surface area contributed by atoms with Gasteiger partial charge in [0.15, 0.2) is 0 Å². The van der Waals surface area contributed by atoms with Crippen molar-refractivity contribution in [3.8, 4) is 0 Å². The van der Waals surface area contributed by atoms with Gasteiger partial charge in [-0.05, 0) is 36.6 Å². The number of amides is 1. The molecule has 0 bridgehead atoms. The summed E-state index contributed by atoms with van der Waals surface area (Å²) in [6.45, 7) is 8.44. The number of anilines is 1. The highest BCUT2D eigenvalue weighted by atomic mass is 35.5. The van der Waals surface area contributed by atoms with Crippen molar-refractivity contribution < 1.29 is 4.79 Å². The first-order valence-electron chi connectivity index (χ1n) is 6.85. The van der Waals surface area contributed by atoms with E-state index in [0.717, 1.165) is 25.2 Å². The lowest BCUT2D eigenvalue weighted by Crippen LogP contribution is -2.40. The van der Waals surface area contributed by atoms with Crippen LogP contribution in [0.15, 0.2) is 18.2 Å². The first-order valence-corrected chi connectivity index (χ1v) is 7.23. The normalized spacial score (nSPS) is 11.4. The molecule has 0 fully saturated rings. The summed E-state index contributed by atoms with van der Waals surface area (Å²) in [6, 6.07) is 5.16. The average Bonchev–Trinajstić information content (AvgIpc) is 2.37. The maximum atomic E-state index is 11.6. The summed E-state index contributed by atoms with van der Waals surface area (Å²) < 4.78 is 0. The molecule has 0 spiro atoms. The molecule has 0 aliphatic carbocycles. The minimum absolute atomic E-state index is 0.0492. The predicted molar refractivity (Wildman–Crippen MR) is 85.3 cm³/mol. The van der Waals surface area contributed by atoms with Gasteiger partial charge in [-0.2, -0.15) is 0 Å². The van der Waals surface area contributed by atoms with Crippen LogP contribution in [0.2, 0.25) is 5.02 Å². The van der Waals surface area contributed by atoms with Gasteiger partial charge in [0, 0.05) is 18.1 Å². The summed E-state index contributed by atoms with van der Waals surface area (Å²) in [6.07, 6.45) is 0.964. The zero-order chi connectivity index (χ0) is 15.3. The molecule has 0 aliphatic heterocycles. The summed E-state index contributed by atoms with van der Waals surface area (Å²) in [7, 11) is 0. The fraction of sp³-hybridized carbons (Fsp3) is 0.533. The van der Waals surface area contributed by atoms with Gasteiger partial charge in [-0.25, -0.2) is 0 Å². The highest BCUT2D eigenvalue weighted by molar-refractivity contribution is 6.31. The third kappa shape index (κ3) is 4.39. The van der Waals surface area contributed by atoms with Gasteiger partial charge in [0.25, 0.3) is 5.91 Å². The van der Waals surface area contributed by atoms with Gasteiger partial charge in [-0.1, -0.05) is 32.4 Å². The van der Waals surface area contributed by atoms with E-state index in [9.17, 15) is 4.79 Å². The minimum atomic E-state index is -0.441. The molecule has 0 saturated heterocycles. The number of nitrogens with two attached hydrogens (primary N) is 2. The molecular formula is C15H24ClN3O. The van der Waals surface area contributed by atoms with Crippen molar-refractivity contribution in [2.45, 2.75) is 27.2 Å². The van der Waals surface area contributed by atoms with Gasteiger partial charge in [-0.15, -0.1) is 0 Å². The van der Waals surface area contributed by atoms with Crippen LogP contribution < -0.4 is 16.4 Å². The summed E-state index contributed by atoms with van der Waals surface area (Å²) in [5.74, 6) is -0.441. The smallest absolute Gasteiger partial charge is 0.250 e. The van der Waals surface area contributed by atoms with Crippen LogP contribution in [0.25, 0.3) is 0 Å². The Bertz CT molecular complexity index is 474. The Morgan fingerprint density at radius 2 is 2.05 bits per heavy atom. The highest BCUT2D eigenvalue weighted by Gasteiger charge is 2.23. The Morgan fingerprint density at radius 3 is 2.55 bits per heavy atom. The summed E-state index contributed by atoms with van der Waals surface area (Å²) in [5, 5.41) is 0.594. The lowest BCUT2D eigenvalue weighted by Gasteiger charge is -2.34. The van der Waals surface area contributed by atoms with Crippen LogP contribution in [-0.2, 0) is 0 Å². The number of rotatable bonds is 7. The van der Waals surface area contributed by atoms with Crippen LogP contribution in [0.3, 0.4) is 0 Å². The average molecular weight is 298 g/mol. The van der Waals surface area contributed by atoms with Crippen molar-refractivity contribution in [2.24, 2.45) is 16.9 Å². The number of nitrogens with zero attached hydrogens (tertiary/aromatic N) is 1. The number of hydrogen-bond donors (Lipinski definition) is 2. The van der Waals surface area contributed by atoms with E-state index in [1.807, 2.05) is 0 Å². The van der Waals surface area contributed by atoms with Gasteiger partial charge in [0.05, 0.1) is 11.3 Å². The van der Waals surface area contributed by atoms with Gasteiger partial charge >= 0.3 is 0 Å². The molecule has 0 aliphatic rings. The second-order valence-corrected chi connectivity index (χ2v) is 6.25. The molecule has 0 aromatic heterocycles. The highest BCUT2D eigenvalue weighted by Crippen LogP contribution is 2.28. The molecule has 0 radical (unpaired) electrons. The van der Waals surface area contributed by atoms with Gasteiger partial charge in [0.1, 0.15) is 0 Å². The van der Waals surface area contributed by atoms with E-state index in [4.69, 9.17) is 23.1 Å². The molecule has 1 aromatic carbocycles. The molecule has 112 valence electrons. The van der Waals surface area contributed by atoms with E-state index in [2.05, 4.69) is 25.7 Å². The molecule has 0 unspecified atom stereocenters. The van der Waals surface area contributed by atoms with Crippen LogP contribution in [0.5, 0.6) is 0 Å². The van der Waals surface area contributed by atoms with E-state index in [-0.39, 0.29) is 5.41 Å². The summed E-state index contributed by atoms with van der Waals surface area (Å²) in [5.41, 5.74) is 12.5. The van der Waals surface area contributed by atoms with Crippen molar-refractivity contribution in [1.29, 1.82) is 0 Å². The summed E-state index contributed by atoms with van der Waals surface area (Å²) in [4.78, 5) is 13.7. The maximum absolute atomic E-state index is 11.6. The monoisotopic (exact) mass is 297 g/mol. The predicted octanol–water partition coefficient (Wildman–Crippen LogP) is 2.64. The van der Waals surface area contributed by atoms with Crippen LogP contribution in [0.4, 0.5) is 5.69 Å². The van der Waals surface area contributed by atoms with E-state index in [1.54, 1.807) is 18.2 Å². The zero-order valence-corrected chi connectivity index (χ0v) is 13.2. The van der Waals surface area contributed by atoms with Crippen LogP contribution in [0, 0.1) is 5.41 Å². The second kappa shape index (κ2) is 6.95. The van der Waals surface area contributed by atoms with E-state index in [0.29, 0.717) is 17.1 Å². The topological polar surface area (TPSA) is 72.3 Å². The Morgan fingerprint density at radius 1 is 1.40 bits per heavy atom. The van der Waals surface area contributed by atoms with Gasteiger partial charge in [0.2, 0.25) is 0 Å². The van der Waals surface area contributed by atoms with E-state index < -0.39 is 5.91 Å². The number of carbonyl (C=O) groups is 1. The second-order valence-electron chi connectivity index (χ2n) is 5.82. The minimum Gasteiger partial charge on any atom is -0.370 e. The third-order valence-corrected chi connectivity index (χ3v) is 3.47. The molecular weight excluding hydrogens is 274 g/mol. The fourth-order valence-electron chi connectivity index (χ4n) is 2.11. The van der Waals surface area contributed by atoms with Crippen LogP contribution >= 0.6 is 11.6 Å². The molecule has 20 heavy (non-hydrogen) atoms. The quantitative estimate of drug-likeness (QED) is 0.812. The van der Waals surface area contributed by atoms with E-state index >= 15 is 0 Å². The Hall–Kier alpha value is -1.26. The lowest BCUT2D eigenvalue weighted by atomic mass is 9.92. The molecule has 4 N–H and O–H groups in total. The lowest BCUT2D eigenvalue weighted by molar-refractivity contribution is 0.100. The SMILES string of the molecule is CCCN(CC(C)(C)CN)c1cc(Cl)ccc1C(N)=O. The van der Waals surface area contributed by atoms with Crippen LogP contribution in [-0.4, -0.2) is 25.5 Å². The van der Waals surface area contributed by atoms with Crippen molar-refractivity contribution >= 4 is 23.2 Å². The molecule has 0 saturated carbocycles. The van der Waals surface area contributed by atoms with Crippen molar-refractivity contribution in [2.75, 3.05) is 24.5 Å². The number of benzene rings is 1.